The summed E-state index contributed by atoms with van der Waals surface area (Å²) >= 11 is 0. The van der Waals surface area contributed by atoms with E-state index in [9.17, 15) is 4.79 Å². The Kier molecular flexibility index (Phi) is 4.49. The van der Waals surface area contributed by atoms with Crippen LogP contribution in [0.5, 0.6) is 0 Å². The van der Waals surface area contributed by atoms with Crippen molar-refractivity contribution >= 4 is 5.91 Å². The van der Waals surface area contributed by atoms with E-state index in [1.165, 1.54) is 20.3 Å². The fourth-order valence-electron chi connectivity index (χ4n) is 0.519. The van der Waals surface area contributed by atoms with Crippen LogP contribution in [0.4, 0.5) is 0 Å². The minimum atomic E-state index is -0.498. The number of carbonyl (C=O) groups is 1. The fraction of sp³-hybridized carbons (Fsp3) is 0.571. The Bertz CT molecular complexity index is 161. The lowest BCUT2D eigenvalue weighted by molar-refractivity contribution is -0.115. The molecule has 0 spiro atoms. The van der Waals surface area contributed by atoms with Crippen molar-refractivity contribution in [3.63, 3.8) is 0 Å². The second-order valence-electron chi connectivity index (χ2n) is 2.05. The third kappa shape index (κ3) is 3.75. The van der Waals surface area contributed by atoms with Crippen molar-refractivity contribution in [2.24, 2.45) is 5.73 Å². The monoisotopic (exact) mass is 159 g/mol. The Labute approximate surface area is 66.0 Å². The van der Waals surface area contributed by atoms with Crippen LogP contribution < -0.4 is 5.73 Å². The van der Waals surface area contributed by atoms with Crippen LogP contribution in [-0.2, 0) is 14.3 Å². The second-order valence-corrected chi connectivity index (χ2v) is 2.05. The van der Waals surface area contributed by atoms with Gasteiger partial charge in [-0.1, -0.05) is 0 Å². The zero-order chi connectivity index (χ0) is 8.85. The second kappa shape index (κ2) is 4.87. The van der Waals surface area contributed by atoms with Crippen molar-refractivity contribution in [1.82, 2.24) is 0 Å². The predicted octanol–water partition coefficient (Wildman–Crippen LogP) is 0.0369. The summed E-state index contributed by atoms with van der Waals surface area (Å²) < 4.78 is 9.63. The van der Waals surface area contributed by atoms with Crippen LogP contribution in [-0.4, -0.2) is 26.4 Å². The van der Waals surface area contributed by atoms with Crippen LogP contribution in [0, 0.1) is 0 Å². The Hall–Kier alpha value is -0.870. The summed E-state index contributed by atoms with van der Waals surface area (Å²) in [6.45, 7) is 1.60. The number of hydrogen-bond donors (Lipinski definition) is 1. The number of rotatable bonds is 4. The molecule has 0 fully saturated rings. The Morgan fingerprint density at radius 2 is 1.91 bits per heavy atom. The molecular formula is C7H13NO3. The SMILES string of the molecule is COC(C=C(C)C(N)=O)OC. The molecule has 1 amide bonds. The Morgan fingerprint density at radius 3 is 2.18 bits per heavy atom. The van der Waals surface area contributed by atoms with Gasteiger partial charge in [-0.3, -0.25) is 4.79 Å². The van der Waals surface area contributed by atoms with Crippen LogP contribution in [0.1, 0.15) is 6.92 Å². The molecule has 0 unspecified atom stereocenters. The molecule has 4 heteroatoms. The van der Waals surface area contributed by atoms with Crippen LogP contribution in [0.2, 0.25) is 0 Å². The molecular weight excluding hydrogens is 146 g/mol. The molecule has 2 N–H and O–H groups in total. The van der Waals surface area contributed by atoms with Crippen molar-refractivity contribution < 1.29 is 14.3 Å². The molecule has 0 bridgehead atoms. The minimum absolute atomic E-state index is 0.429. The zero-order valence-electron chi connectivity index (χ0n) is 6.96. The van der Waals surface area contributed by atoms with Gasteiger partial charge in [0.25, 0.3) is 0 Å². The van der Waals surface area contributed by atoms with Crippen molar-refractivity contribution in [2.45, 2.75) is 13.2 Å². The first kappa shape index (κ1) is 10.1. The lowest BCUT2D eigenvalue weighted by Crippen LogP contribution is -2.16. The highest BCUT2D eigenvalue weighted by Gasteiger charge is 2.03. The number of hydrogen-bond acceptors (Lipinski definition) is 3. The molecule has 0 saturated heterocycles. The molecule has 0 aliphatic carbocycles. The van der Waals surface area contributed by atoms with Gasteiger partial charge in [-0.15, -0.1) is 0 Å². The molecule has 0 aromatic rings. The lowest BCUT2D eigenvalue weighted by atomic mass is 10.3. The quantitative estimate of drug-likeness (QED) is 0.465. The molecule has 0 aliphatic rings. The number of methoxy groups -OCH3 is 2. The van der Waals surface area contributed by atoms with Crippen LogP contribution in [0.15, 0.2) is 11.6 Å². The van der Waals surface area contributed by atoms with Gasteiger partial charge in [0.2, 0.25) is 5.91 Å². The smallest absolute Gasteiger partial charge is 0.244 e. The Balaban J connectivity index is 4.14. The maximum absolute atomic E-state index is 10.5. The van der Waals surface area contributed by atoms with Gasteiger partial charge in [-0.05, 0) is 13.0 Å². The summed E-state index contributed by atoms with van der Waals surface area (Å²) in [5.41, 5.74) is 5.40. The van der Waals surface area contributed by atoms with E-state index in [1.54, 1.807) is 6.92 Å². The summed E-state index contributed by atoms with van der Waals surface area (Å²) in [4.78, 5) is 10.5. The molecule has 0 rings (SSSR count). The number of carbonyl (C=O) groups excluding carboxylic acids is 1. The van der Waals surface area contributed by atoms with Crippen molar-refractivity contribution in [3.05, 3.63) is 11.6 Å². The number of amides is 1. The van der Waals surface area contributed by atoms with E-state index in [-0.39, 0.29) is 0 Å². The highest BCUT2D eigenvalue weighted by atomic mass is 16.7. The van der Waals surface area contributed by atoms with Crippen LogP contribution >= 0.6 is 0 Å². The van der Waals surface area contributed by atoms with E-state index in [0.717, 1.165) is 0 Å². The maximum atomic E-state index is 10.5. The van der Waals surface area contributed by atoms with Gasteiger partial charge in [0.05, 0.1) is 0 Å². The molecule has 11 heavy (non-hydrogen) atoms. The average molecular weight is 159 g/mol. The summed E-state index contributed by atoms with van der Waals surface area (Å²) in [6, 6.07) is 0. The van der Waals surface area contributed by atoms with Crippen molar-refractivity contribution in [2.75, 3.05) is 14.2 Å². The molecule has 0 aromatic heterocycles. The Morgan fingerprint density at radius 1 is 1.45 bits per heavy atom. The maximum Gasteiger partial charge on any atom is 0.244 e. The van der Waals surface area contributed by atoms with Gasteiger partial charge in [-0.2, -0.15) is 0 Å². The first-order valence-corrected chi connectivity index (χ1v) is 3.15. The van der Waals surface area contributed by atoms with Crippen molar-refractivity contribution in [1.29, 1.82) is 0 Å². The van der Waals surface area contributed by atoms with Gasteiger partial charge >= 0.3 is 0 Å². The molecule has 0 aromatic carbocycles. The van der Waals surface area contributed by atoms with Gasteiger partial charge in [-0.25, -0.2) is 0 Å². The van der Waals surface area contributed by atoms with Crippen LogP contribution in [0.25, 0.3) is 0 Å². The molecule has 0 atom stereocenters. The van der Waals surface area contributed by atoms with Crippen LogP contribution in [0.3, 0.4) is 0 Å². The van der Waals surface area contributed by atoms with E-state index >= 15 is 0 Å². The zero-order valence-corrected chi connectivity index (χ0v) is 6.96. The third-order valence-corrected chi connectivity index (χ3v) is 1.24. The predicted molar refractivity (Wildman–Crippen MR) is 40.8 cm³/mol. The topological polar surface area (TPSA) is 61.5 Å². The summed E-state index contributed by atoms with van der Waals surface area (Å²) in [7, 11) is 2.97. The molecule has 64 valence electrons. The molecule has 0 heterocycles. The largest absolute Gasteiger partial charge is 0.366 e. The van der Waals surface area contributed by atoms with Gasteiger partial charge in [0, 0.05) is 19.8 Å². The van der Waals surface area contributed by atoms with E-state index in [2.05, 4.69) is 0 Å². The summed E-state index contributed by atoms with van der Waals surface area (Å²) in [5, 5.41) is 0. The summed E-state index contributed by atoms with van der Waals surface area (Å²) in [5.74, 6) is -0.468. The lowest BCUT2D eigenvalue weighted by Gasteiger charge is -2.08. The van der Waals surface area contributed by atoms with E-state index in [4.69, 9.17) is 15.2 Å². The number of nitrogens with two attached hydrogens (primary N) is 1. The molecule has 4 nitrogen and oxygen atoms in total. The first-order chi connectivity index (χ1) is 5.11. The third-order valence-electron chi connectivity index (χ3n) is 1.24. The minimum Gasteiger partial charge on any atom is -0.366 e. The normalized spacial score (nSPS) is 12.2. The highest BCUT2D eigenvalue weighted by Crippen LogP contribution is 1.98. The molecule has 0 radical (unpaired) electrons. The number of primary amides is 1. The average Bonchev–Trinajstić information content (AvgIpc) is 1.99. The first-order valence-electron chi connectivity index (χ1n) is 3.15. The standard InChI is InChI=1S/C7H13NO3/c1-5(7(8)9)4-6(10-2)11-3/h4,6H,1-3H3,(H2,8,9). The van der Waals surface area contributed by atoms with Gasteiger partial charge in [0.15, 0.2) is 6.29 Å². The molecule has 0 saturated carbocycles. The molecule has 0 aliphatic heterocycles. The van der Waals surface area contributed by atoms with Crippen molar-refractivity contribution in [3.8, 4) is 0 Å². The van der Waals surface area contributed by atoms with E-state index in [1.807, 2.05) is 0 Å². The fourth-order valence-corrected chi connectivity index (χ4v) is 0.519. The van der Waals surface area contributed by atoms with E-state index < -0.39 is 12.2 Å². The summed E-state index contributed by atoms with van der Waals surface area (Å²) in [6.07, 6.45) is 1.02. The number of ether oxygens (including phenoxy) is 2. The van der Waals surface area contributed by atoms with E-state index in [0.29, 0.717) is 5.57 Å². The van der Waals surface area contributed by atoms with Gasteiger partial charge < -0.3 is 15.2 Å². The van der Waals surface area contributed by atoms with Gasteiger partial charge in [0.1, 0.15) is 0 Å². The highest BCUT2D eigenvalue weighted by molar-refractivity contribution is 5.91.